The molecule has 0 aromatic heterocycles. The maximum Gasteiger partial charge on any atom is 0.307 e. The van der Waals surface area contributed by atoms with Crippen molar-refractivity contribution in [3.63, 3.8) is 0 Å². The summed E-state index contributed by atoms with van der Waals surface area (Å²) in [7, 11) is 0. The lowest BCUT2D eigenvalue weighted by molar-refractivity contribution is -0.142. The largest absolute Gasteiger partial charge is 0.481 e. The van der Waals surface area contributed by atoms with Crippen molar-refractivity contribution in [1.82, 2.24) is 0 Å². The summed E-state index contributed by atoms with van der Waals surface area (Å²) < 4.78 is 0. The number of Topliss-reactive ketones (excluding diaryl/α,β-unsaturated/α-hetero) is 1. The van der Waals surface area contributed by atoms with E-state index in [1.54, 1.807) is 12.1 Å². The minimum atomic E-state index is -0.862. The predicted molar refractivity (Wildman–Crippen MR) is 89.1 cm³/mol. The Labute approximate surface area is 134 Å². The van der Waals surface area contributed by atoms with Crippen LogP contribution in [0.3, 0.4) is 0 Å². The fourth-order valence-corrected chi connectivity index (χ4v) is 3.29. The van der Waals surface area contributed by atoms with Crippen molar-refractivity contribution in [1.29, 1.82) is 0 Å². The van der Waals surface area contributed by atoms with E-state index < -0.39 is 17.8 Å². The molecule has 2 aromatic rings. The van der Waals surface area contributed by atoms with E-state index in [2.05, 4.69) is 0 Å². The van der Waals surface area contributed by atoms with E-state index in [0.29, 0.717) is 24.1 Å². The third kappa shape index (κ3) is 3.11. The van der Waals surface area contributed by atoms with E-state index >= 15 is 0 Å². The van der Waals surface area contributed by atoms with Gasteiger partial charge in [0.05, 0.1) is 5.92 Å². The molecule has 2 atom stereocenters. The van der Waals surface area contributed by atoms with Crippen molar-refractivity contribution in [2.24, 2.45) is 11.8 Å². The first-order chi connectivity index (χ1) is 11.1. The number of carbonyl (C=O) groups excluding carboxylic acids is 1. The lowest BCUT2D eigenvalue weighted by Crippen LogP contribution is -2.25. The van der Waals surface area contributed by atoms with Gasteiger partial charge in [-0.15, -0.1) is 0 Å². The van der Waals surface area contributed by atoms with Gasteiger partial charge in [0.1, 0.15) is 0 Å². The summed E-state index contributed by atoms with van der Waals surface area (Å²) in [5, 5.41) is 9.23. The number of benzene rings is 2. The molecule has 23 heavy (non-hydrogen) atoms. The van der Waals surface area contributed by atoms with Gasteiger partial charge in [-0.2, -0.15) is 0 Å². The van der Waals surface area contributed by atoms with Gasteiger partial charge in [0.25, 0.3) is 0 Å². The zero-order valence-corrected chi connectivity index (χ0v) is 12.7. The molecule has 3 N–H and O–H groups in total. The molecule has 0 aliphatic heterocycles. The topological polar surface area (TPSA) is 80.4 Å². The second-order valence-corrected chi connectivity index (χ2v) is 6.05. The van der Waals surface area contributed by atoms with Gasteiger partial charge < -0.3 is 10.8 Å². The SMILES string of the molecule is Nc1ccc(-c2ccc(C(=O)[C@@H]3CCC[C@H]3C(=O)O)cc2)cc1. The van der Waals surface area contributed by atoms with Crippen LogP contribution in [-0.2, 0) is 4.79 Å². The Hall–Kier alpha value is -2.62. The number of hydrogen-bond donors (Lipinski definition) is 2. The number of ketones is 1. The molecule has 4 heteroatoms. The van der Waals surface area contributed by atoms with Crippen LogP contribution in [0.15, 0.2) is 48.5 Å². The molecule has 1 aliphatic rings. The maximum absolute atomic E-state index is 12.6. The first-order valence-corrected chi connectivity index (χ1v) is 7.79. The Morgan fingerprint density at radius 2 is 1.39 bits per heavy atom. The fraction of sp³-hybridized carbons (Fsp3) is 0.263. The van der Waals surface area contributed by atoms with E-state index in [0.717, 1.165) is 17.5 Å². The van der Waals surface area contributed by atoms with Gasteiger partial charge >= 0.3 is 5.97 Å². The first kappa shape index (κ1) is 15.3. The minimum absolute atomic E-state index is 0.0567. The Morgan fingerprint density at radius 1 is 0.870 bits per heavy atom. The van der Waals surface area contributed by atoms with Gasteiger partial charge in [-0.25, -0.2) is 0 Å². The molecule has 1 saturated carbocycles. The summed E-state index contributed by atoms with van der Waals surface area (Å²) in [5.41, 5.74) is 9.01. The average Bonchev–Trinajstić information content (AvgIpc) is 3.05. The summed E-state index contributed by atoms with van der Waals surface area (Å²) in [5.74, 6) is -1.85. The molecule has 0 heterocycles. The number of anilines is 1. The van der Waals surface area contributed by atoms with Crippen molar-refractivity contribution in [3.8, 4) is 11.1 Å². The average molecular weight is 309 g/mol. The summed E-state index contributed by atoms with van der Waals surface area (Å²) in [4.78, 5) is 23.8. The monoisotopic (exact) mass is 309 g/mol. The normalized spacial score (nSPS) is 20.3. The highest BCUT2D eigenvalue weighted by Gasteiger charge is 2.37. The quantitative estimate of drug-likeness (QED) is 0.667. The molecule has 1 aliphatic carbocycles. The Balaban J connectivity index is 1.80. The van der Waals surface area contributed by atoms with Gasteiger partial charge in [-0.1, -0.05) is 42.8 Å². The summed E-state index contributed by atoms with van der Waals surface area (Å²) >= 11 is 0. The van der Waals surface area contributed by atoms with Crippen LogP contribution in [0.5, 0.6) is 0 Å². The molecule has 0 bridgehead atoms. The van der Waals surface area contributed by atoms with Crippen molar-refractivity contribution in [3.05, 3.63) is 54.1 Å². The Morgan fingerprint density at radius 3 is 1.96 bits per heavy atom. The first-order valence-electron chi connectivity index (χ1n) is 7.79. The number of hydrogen-bond acceptors (Lipinski definition) is 3. The van der Waals surface area contributed by atoms with Crippen molar-refractivity contribution >= 4 is 17.4 Å². The third-order valence-corrected chi connectivity index (χ3v) is 4.58. The molecule has 3 rings (SSSR count). The maximum atomic E-state index is 12.6. The number of carboxylic acids is 1. The Bertz CT molecular complexity index is 719. The van der Waals surface area contributed by atoms with Crippen LogP contribution in [-0.4, -0.2) is 16.9 Å². The van der Waals surface area contributed by atoms with E-state index in [1.165, 1.54) is 0 Å². The van der Waals surface area contributed by atoms with Crippen LogP contribution in [0.2, 0.25) is 0 Å². The van der Waals surface area contributed by atoms with Crippen LogP contribution >= 0.6 is 0 Å². The highest BCUT2D eigenvalue weighted by molar-refractivity contribution is 6.00. The van der Waals surface area contributed by atoms with E-state index in [-0.39, 0.29) is 5.78 Å². The molecule has 2 aromatic carbocycles. The molecule has 0 saturated heterocycles. The van der Waals surface area contributed by atoms with Crippen LogP contribution in [0, 0.1) is 11.8 Å². The summed E-state index contributed by atoms with van der Waals surface area (Å²) in [6, 6.07) is 14.9. The lowest BCUT2D eigenvalue weighted by Gasteiger charge is -2.14. The molecule has 0 amide bonds. The van der Waals surface area contributed by atoms with Gasteiger partial charge in [-0.05, 0) is 36.1 Å². The molecule has 4 nitrogen and oxygen atoms in total. The van der Waals surface area contributed by atoms with Crippen LogP contribution in [0.1, 0.15) is 29.6 Å². The van der Waals surface area contributed by atoms with Gasteiger partial charge in [0.15, 0.2) is 5.78 Å². The van der Waals surface area contributed by atoms with Gasteiger partial charge in [0, 0.05) is 17.2 Å². The Kier molecular flexibility index (Phi) is 4.15. The summed E-state index contributed by atoms with van der Waals surface area (Å²) in [6.45, 7) is 0. The lowest BCUT2D eigenvalue weighted by atomic mass is 9.88. The third-order valence-electron chi connectivity index (χ3n) is 4.58. The minimum Gasteiger partial charge on any atom is -0.481 e. The molecule has 1 fully saturated rings. The van der Waals surface area contributed by atoms with E-state index in [9.17, 15) is 14.7 Å². The molecule has 0 unspecified atom stereocenters. The fourth-order valence-electron chi connectivity index (χ4n) is 3.29. The zero-order chi connectivity index (χ0) is 16.4. The molecule has 118 valence electrons. The molecular weight excluding hydrogens is 290 g/mol. The molecule has 0 radical (unpaired) electrons. The van der Waals surface area contributed by atoms with Crippen molar-refractivity contribution in [2.45, 2.75) is 19.3 Å². The van der Waals surface area contributed by atoms with Gasteiger partial charge in [0.2, 0.25) is 0 Å². The molecular formula is C19H19NO3. The number of carboxylic acid groups (broad SMARTS) is 1. The highest BCUT2D eigenvalue weighted by Crippen LogP contribution is 2.34. The van der Waals surface area contributed by atoms with Crippen LogP contribution in [0.4, 0.5) is 5.69 Å². The number of nitrogens with two attached hydrogens (primary N) is 1. The van der Waals surface area contributed by atoms with Crippen molar-refractivity contribution < 1.29 is 14.7 Å². The number of nitrogen functional groups attached to an aromatic ring is 1. The van der Waals surface area contributed by atoms with Crippen LogP contribution in [0.25, 0.3) is 11.1 Å². The smallest absolute Gasteiger partial charge is 0.307 e. The van der Waals surface area contributed by atoms with Crippen LogP contribution < -0.4 is 5.73 Å². The second-order valence-electron chi connectivity index (χ2n) is 6.05. The molecule has 0 spiro atoms. The number of carbonyl (C=O) groups is 2. The predicted octanol–water partition coefficient (Wildman–Crippen LogP) is 3.62. The highest BCUT2D eigenvalue weighted by atomic mass is 16.4. The zero-order valence-electron chi connectivity index (χ0n) is 12.7. The van der Waals surface area contributed by atoms with Gasteiger partial charge in [-0.3, -0.25) is 9.59 Å². The van der Waals surface area contributed by atoms with E-state index in [4.69, 9.17) is 5.73 Å². The summed E-state index contributed by atoms with van der Waals surface area (Å²) in [6.07, 6.45) is 2.06. The van der Waals surface area contributed by atoms with Crippen molar-refractivity contribution in [2.75, 3.05) is 5.73 Å². The van der Waals surface area contributed by atoms with E-state index in [1.807, 2.05) is 36.4 Å². The second kappa shape index (κ2) is 6.24. The number of rotatable bonds is 4. The standard InChI is InChI=1S/C19H19NO3/c20-15-10-8-13(9-11-15)12-4-6-14(7-5-12)18(21)16-2-1-3-17(16)19(22)23/h4-11,16-17H,1-3,20H2,(H,22,23)/t16-,17-/m1/s1. The number of aliphatic carboxylic acids is 1.